The SMILES string of the molecule is CCN1CCN(CC(=O)N2CCC[C@H](CCc3ccc(F)cc3F)C2)CC1. The van der Waals surface area contributed by atoms with Crippen LogP contribution in [0.25, 0.3) is 0 Å². The largest absolute Gasteiger partial charge is 0.341 e. The van der Waals surface area contributed by atoms with Crippen molar-refractivity contribution in [2.75, 3.05) is 52.4 Å². The van der Waals surface area contributed by atoms with Gasteiger partial charge in [-0.3, -0.25) is 9.69 Å². The zero-order valence-electron chi connectivity index (χ0n) is 16.3. The molecule has 0 spiro atoms. The summed E-state index contributed by atoms with van der Waals surface area (Å²) in [6.45, 7) is 9.34. The molecule has 2 fully saturated rings. The highest BCUT2D eigenvalue weighted by atomic mass is 19.1. The monoisotopic (exact) mass is 379 g/mol. The number of carbonyl (C=O) groups excluding carboxylic acids is 1. The van der Waals surface area contributed by atoms with Gasteiger partial charge in [-0.1, -0.05) is 13.0 Å². The Bertz CT molecular complexity index is 632. The van der Waals surface area contributed by atoms with Crippen molar-refractivity contribution in [3.05, 3.63) is 35.4 Å². The molecule has 1 aromatic rings. The van der Waals surface area contributed by atoms with Crippen molar-refractivity contribution < 1.29 is 13.6 Å². The van der Waals surface area contributed by atoms with Gasteiger partial charge in [0.15, 0.2) is 0 Å². The molecule has 2 saturated heterocycles. The van der Waals surface area contributed by atoms with Crippen molar-refractivity contribution in [1.29, 1.82) is 0 Å². The third-order valence-corrected chi connectivity index (χ3v) is 5.98. The van der Waals surface area contributed by atoms with Gasteiger partial charge in [0.1, 0.15) is 11.6 Å². The van der Waals surface area contributed by atoms with Crippen molar-refractivity contribution >= 4 is 5.91 Å². The summed E-state index contributed by atoms with van der Waals surface area (Å²) in [6.07, 6.45) is 3.51. The normalized spacial score (nSPS) is 22.2. The van der Waals surface area contributed by atoms with E-state index in [1.807, 2.05) is 4.90 Å². The van der Waals surface area contributed by atoms with Crippen LogP contribution < -0.4 is 0 Å². The predicted molar refractivity (Wildman–Crippen MR) is 103 cm³/mol. The Balaban J connectivity index is 1.45. The van der Waals surface area contributed by atoms with Crippen LogP contribution in [0.4, 0.5) is 8.78 Å². The lowest BCUT2D eigenvalue weighted by atomic mass is 9.91. The van der Waals surface area contributed by atoms with Gasteiger partial charge in [0.2, 0.25) is 5.91 Å². The van der Waals surface area contributed by atoms with E-state index in [0.29, 0.717) is 24.4 Å². The van der Waals surface area contributed by atoms with Gasteiger partial charge in [-0.15, -0.1) is 0 Å². The molecule has 2 aliphatic heterocycles. The number of carbonyl (C=O) groups is 1. The fraction of sp³-hybridized carbons (Fsp3) is 0.667. The number of likely N-dealkylation sites (tertiary alicyclic amines) is 1. The second kappa shape index (κ2) is 9.60. The van der Waals surface area contributed by atoms with Gasteiger partial charge < -0.3 is 9.80 Å². The summed E-state index contributed by atoms with van der Waals surface area (Å²) in [5.41, 5.74) is 0.564. The molecule has 0 aromatic heterocycles. The molecule has 1 atom stereocenters. The summed E-state index contributed by atoms with van der Waals surface area (Å²) >= 11 is 0. The topological polar surface area (TPSA) is 26.8 Å². The van der Waals surface area contributed by atoms with Gasteiger partial charge in [-0.25, -0.2) is 8.78 Å². The third-order valence-electron chi connectivity index (χ3n) is 5.98. The summed E-state index contributed by atoms with van der Waals surface area (Å²) in [7, 11) is 0. The number of piperazine rings is 1. The summed E-state index contributed by atoms with van der Waals surface area (Å²) < 4.78 is 26.8. The molecule has 0 unspecified atom stereocenters. The average molecular weight is 379 g/mol. The van der Waals surface area contributed by atoms with E-state index in [-0.39, 0.29) is 5.91 Å². The van der Waals surface area contributed by atoms with Crippen molar-refractivity contribution in [2.45, 2.75) is 32.6 Å². The summed E-state index contributed by atoms with van der Waals surface area (Å²) in [5.74, 6) is -0.392. The summed E-state index contributed by atoms with van der Waals surface area (Å²) in [5, 5.41) is 0. The Hall–Kier alpha value is -1.53. The van der Waals surface area contributed by atoms with Gasteiger partial charge in [-0.05, 0) is 49.8 Å². The van der Waals surface area contributed by atoms with E-state index in [1.165, 1.54) is 12.1 Å². The maximum atomic E-state index is 13.8. The first kappa shape index (κ1) is 20.2. The van der Waals surface area contributed by atoms with Crippen LogP contribution in [0.1, 0.15) is 31.7 Å². The van der Waals surface area contributed by atoms with E-state index in [0.717, 1.165) is 71.1 Å². The van der Waals surface area contributed by atoms with Crippen molar-refractivity contribution in [1.82, 2.24) is 14.7 Å². The fourth-order valence-electron chi connectivity index (χ4n) is 4.17. The Kier molecular flexibility index (Phi) is 7.19. The Morgan fingerprint density at radius 1 is 1.11 bits per heavy atom. The molecule has 150 valence electrons. The first-order valence-corrected chi connectivity index (χ1v) is 10.2. The minimum absolute atomic E-state index is 0.220. The van der Waals surface area contributed by atoms with Crippen molar-refractivity contribution in [3.8, 4) is 0 Å². The number of piperidine rings is 1. The molecule has 0 saturated carbocycles. The predicted octanol–water partition coefficient (Wildman–Crippen LogP) is 2.77. The van der Waals surface area contributed by atoms with Crippen LogP contribution >= 0.6 is 0 Å². The molecule has 0 N–H and O–H groups in total. The van der Waals surface area contributed by atoms with Gasteiger partial charge in [0.05, 0.1) is 6.54 Å². The van der Waals surface area contributed by atoms with Crippen LogP contribution in [-0.4, -0.2) is 73.0 Å². The van der Waals surface area contributed by atoms with Crippen LogP contribution in [-0.2, 0) is 11.2 Å². The molecule has 1 amide bonds. The van der Waals surface area contributed by atoms with Crippen LogP contribution in [0.15, 0.2) is 18.2 Å². The standard InChI is InChI=1S/C21H31F2N3O/c1-2-24-10-12-25(13-11-24)16-21(27)26-9-3-4-17(15-26)5-6-18-7-8-19(22)14-20(18)23/h7-8,14,17H,2-6,9-13,15-16H2,1H3/t17-/m1/s1. The molecule has 1 aromatic carbocycles. The number of amides is 1. The second-order valence-electron chi connectivity index (χ2n) is 7.83. The fourth-order valence-corrected chi connectivity index (χ4v) is 4.17. The first-order chi connectivity index (χ1) is 13.0. The van der Waals surface area contributed by atoms with Crippen LogP contribution in [0.3, 0.4) is 0 Å². The first-order valence-electron chi connectivity index (χ1n) is 10.2. The number of hydrogen-bond donors (Lipinski definition) is 0. The molecule has 2 heterocycles. The van der Waals surface area contributed by atoms with E-state index < -0.39 is 11.6 Å². The molecular formula is C21H31F2N3O. The second-order valence-corrected chi connectivity index (χ2v) is 7.83. The molecular weight excluding hydrogens is 348 g/mol. The summed E-state index contributed by atoms with van der Waals surface area (Å²) in [6, 6.07) is 3.80. The highest BCUT2D eigenvalue weighted by Gasteiger charge is 2.26. The quantitative estimate of drug-likeness (QED) is 0.761. The summed E-state index contributed by atoms with van der Waals surface area (Å²) in [4.78, 5) is 19.4. The van der Waals surface area contributed by atoms with Crippen molar-refractivity contribution in [2.24, 2.45) is 5.92 Å². The number of benzene rings is 1. The zero-order valence-corrected chi connectivity index (χ0v) is 16.3. The number of likely N-dealkylation sites (N-methyl/N-ethyl adjacent to an activating group) is 1. The zero-order chi connectivity index (χ0) is 19.2. The van der Waals surface area contributed by atoms with E-state index >= 15 is 0 Å². The third kappa shape index (κ3) is 5.72. The van der Waals surface area contributed by atoms with Gasteiger partial charge >= 0.3 is 0 Å². The maximum Gasteiger partial charge on any atom is 0.236 e. The lowest BCUT2D eigenvalue weighted by Gasteiger charge is -2.37. The van der Waals surface area contributed by atoms with Crippen LogP contribution in [0.2, 0.25) is 0 Å². The van der Waals surface area contributed by atoms with E-state index in [2.05, 4.69) is 16.7 Å². The highest BCUT2D eigenvalue weighted by molar-refractivity contribution is 5.78. The lowest BCUT2D eigenvalue weighted by Crippen LogP contribution is -2.51. The van der Waals surface area contributed by atoms with E-state index in [1.54, 1.807) is 0 Å². The number of rotatable bonds is 6. The number of aryl methyl sites for hydroxylation is 1. The number of hydrogen-bond acceptors (Lipinski definition) is 3. The number of nitrogens with zero attached hydrogens (tertiary/aromatic N) is 3. The van der Waals surface area contributed by atoms with Gasteiger partial charge in [0.25, 0.3) is 0 Å². The molecule has 27 heavy (non-hydrogen) atoms. The van der Waals surface area contributed by atoms with Gasteiger partial charge in [-0.2, -0.15) is 0 Å². The maximum absolute atomic E-state index is 13.8. The van der Waals surface area contributed by atoms with Gasteiger partial charge in [0, 0.05) is 45.3 Å². The van der Waals surface area contributed by atoms with Crippen LogP contribution in [0, 0.1) is 17.6 Å². The smallest absolute Gasteiger partial charge is 0.236 e. The van der Waals surface area contributed by atoms with Crippen molar-refractivity contribution in [3.63, 3.8) is 0 Å². The molecule has 2 aliphatic rings. The minimum atomic E-state index is -0.537. The lowest BCUT2D eigenvalue weighted by molar-refractivity contribution is -0.134. The molecule has 0 aliphatic carbocycles. The number of halogens is 2. The molecule has 4 nitrogen and oxygen atoms in total. The van der Waals surface area contributed by atoms with E-state index in [9.17, 15) is 13.6 Å². The molecule has 3 rings (SSSR count). The highest BCUT2D eigenvalue weighted by Crippen LogP contribution is 2.23. The minimum Gasteiger partial charge on any atom is -0.341 e. The Labute approximate surface area is 161 Å². The molecule has 0 radical (unpaired) electrons. The molecule has 0 bridgehead atoms. The Morgan fingerprint density at radius 3 is 2.56 bits per heavy atom. The van der Waals surface area contributed by atoms with E-state index in [4.69, 9.17) is 0 Å². The molecule has 6 heteroatoms. The van der Waals surface area contributed by atoms with Crippen LogP contribution in [0.5, 0.6) is 0 Å². The average Bonchev–Trinajstić information content (AvgIpc) is 2.68. The Morgan fingerprint density at radius 2 is 1.85 bits per heavy atom.